The van der Waals surface area contributed by atoms with Gasteiger partial charge in [-0.15, -0.1) is 0 Å². The molecule has 0 aliphatic carbocycles. The van der Waals surface area contributed by atoms with Crippen molar-refractivity contribution in [3.8, 4) is 50.3 Å². The first-order valence-corrected chi connectivity index (χ1v) is 22.1. The van der Waals surface area contributed by atoms with Gasteiger partial charge in [0, 0.05) is 65.5 Å². The quantitative estimate of drug-likeness (QED) is 0.162. The first kappa shape index (κ1) is 35.8. The number of pyridine rings is 1. The molecule has 302 valence electrons. The summed E-state index contributed by atoms with van der Waals surface area (Å²) in [5.74, 6) is 0. The van der Waals surface area contributed by atoms with Crippen molar-refractivity contribution in [3.05, 3.63) is 218 Å². The van der Waals surface area contributed by atoms with E-state index in [1.54, 1.807) is 0 Å². The monoisotopic (exact) mass is 828 g/mol. The van der Waals surface area contributed by atoms with Gasteiger partial charge in [-0.05, 0) is 88.3 Å². The Morgan fingerprint density at radius 3 is 1.55 bits per heavy atom. The van der Waals surface area contributed by atoms with E-state index >= 15 is 0 Å². The van der Waals surface area contributed by atoms with Crippen LogP contribution in [0, 0.1) is 0 Å². The Balaban J connectivity index is 1.04. The summed E-state index contributed by atoms with van der Waals surface area (Å²) in [6.07, 6.45) is 0. The molecule has 0 amide bonds. The molecular weight excluding hydrogens is 793 g/mol. The minimum atomic E-state index is 0.873. The first-order valence-electron chi connectivity index (χ1n) is 22.1. The third-order valence-corrected chi connectivity index (χ3v) is 13.4. The van der Waals surface area contributed by atoms with Crippen molar-refractivity contribution < 1.29 is 8.83 Å². The molecule has 14 rings (SSSR count). The van der Waals surface area contributed by atoms with E-state index in [2.05, 4.69) is 199 Å². The van der Waals surface area contributed by atoms with Crippen molar-refractivity contribution >= 4 is 87.4 Å². The van der Waals surface area contributed by atoms with Gasteiger partial charge in [0.25, 0.3) is 0 Å². The Labute approximate surface area is 372 Å². The lowest BCUT2D eigenvalue weighted by molar-refractivity contribution is 0.670. The molecule has 0 aliphatic heterocycles. The van der Waals surface area contributed by atoms with E-state index in [1.165, 1.54) is 21.7 Å². The molecule has 0 N–H and O–H groups in total. The molecule has 14 aromatic rings. The van der Waals surface area contributed by atoms with Crippen molar-refractivity contribution in [3.63, 3.8) is 0 Å². The van der Waals surface area contributed by atoms with E-state index in [9.17, 15) is 0 Å². The van der Waals surface area contributed by atoms with Crippen LogP contribution in [0.4, 0.5) is 0 Å². The average Bonchev–Trinajstić information content (AvgIpc) is 4.06. The fourth-order valence-corrected chi connectivity index (χ4v) is 10.5. The highest BCUT2D eigenvalue weighted by Gasteiger charge is 2.22. The summed E-state index contributed by atoms with van der Waals surface area (Å²) in [6.45, 7) is 0. The van der Waals surface area contributed by atoms with Gasteiger partial charge in [-0.2, -0.15) is 0 Å². The molecule has 0 spiro atoms. The molecule has 0 bridgehead atoms. The van der Waals surface area contributed by atoms with Crippen LogP contribution in [0.15, 0.2) is 227 Å². The molecule has 10 aromatic carbocycles. The van der Waals surface area contributed by atoms with Gasteiger partial charge in [0.2, 0.25) is 0 Å². The third-order valence-electron chi connectivity index (χ3n) is 13.4. The maximum atomic E-state index is 6.65. The summed E-state index contributed by atoms with van der Waals surface area (Å²) in [5, 5.41) is 10.3. The van der Waals surface area contributed by atoms with Gasteiger partial charge in [0.1, 0.15) is 22.3 Å². The van der Waals surface area contributed by atoms with Gasteiger partial charge in [-0.3, -0.25) is 0 Å². The van der Waals surface area contributed by atoms with Crippen LogP contribution in [0.1, 0.15) is 0 Å². The van der Waals surface area contributed by atoms with Crippen LogP contribution in [0.2, 0.25) is 0 Å². The van der Waals surface area contributed by atoms with Gasteiger partial charge in [-0.25, -0.2) is 4.98 Å². The number of benzene rings is 10. The summed E-state index contributed by atoms with van der Waals surface area (Å²) in [7, 11) is 0. The Morgan fingerprint density at radius 2 is 0.877 bits per heavy atom. The second kappa shape index (κ2) is 13.9. The zero-order chi connectivity index (χ0) is 42.6. The molecule has 65 heavy (non-hydrogen) atoms. The van der Waals surface area contributed by atoms with E-state index in [-0.39, 0.29) is 0 Å². The summed E-state index contributed by atoms with van der Waals surface area (Å²) in [4.78, 5) is 5.65. The van der Waals surface area contributed by atoms with E-state index in [4.69, 9.17) is 13.8 Å². The van der Waals surface area contributed by atoms with Crippen molar-refractivity contribution in [1.29, 1.82) is 0 Å². The fourth-order valence-electron chi connectivity index (χ4n) is 10.5. The minimum absolute atomic E-state index is 0.873. The van der Waals surface area contributed by atoms with Gasteiger partial charge in [-0.1, -0.05) is 158 Å². The molecule has 0 fully saturated rings. The molecule has 0 radical (unpaired) electrons. The van der Waals surface area contributed by atoms with E-state index in [0.29, 0.717) is 0 Å². The standard InChI is InChI=1S/C61H36N2O2/c1-3-15-37(16-4-1)59-58-48(31-32-54-57(58)51-21-7-10-26-53(51)63(54)42-17-5-2-6-18-42)45-30-29-38(36-52(45)62-59)39-33-40(43-22-13-24-49-46-19-8-11-27-55(46)64-60(43)49)35-41(34-39)44-23-14-25-50-47-20-9-12-28-56(47)65-61(44)50/h1-36H. The number of para-hydroxylation sites is 6. The van der Waals surface area contributed by atoms with Crippen LogP contribution in [-0.2, 0) is 0 Å². The highest BCUT2D eigenvalue weighted by Crippen LogP contribution is 2.45. The summed E-state index contributed by atoms with van der Waals surface area (Å²) < 4.78 is 15.7. The van der Waals surface area contributed by atoms with Crippen LogP contribution in [0.3, 0.4) is 0 Å². The van der Waals surface area contributed by atoms with Crippen LogP contribution in [-0.4, -0.2) is 9.55 Å². The summed E-state index contributed by atoms with van der Waals surface area (Å²) in [6, 6.07) is 77.8. The summed E-state index contributed by atoms with van der Waals surface area (Å²) >= 11 is 0. The number of hydrogen-bond acceptors (Lipinski definition) is 3. The zero-order valence-electron chi connectivity index (χ0n) is 35.0. The highest BCUT2D eigenvalue weighted by molar-refractivity contribution is 6.28. The second-order valence-electron chi connectivity index (χ2n) is 17.0. The molecule has 4 nitrogen and oxygen atoms in total. The van der Waals surface area contributed by atoms with E-state index < -0.39 is 0 Å². The van der Waals surface area contributed by atoms with Crippen LogP contribution >= 0.6 is 0 Å². The first-order chi connectivity index (χ1) is 32.2. The van der Waals surface area contributed by atoms with Gasteiger partial charge in [0.15, 0.2) is 0 Å². The largest absolute Gasteiger partial charge is 0.455 e. The average molecular weight is 829 g/mol. The van der Waals surface area contributed by atoms with E-state index in [1.807, 2.05) is 24.3 Å². The predicted molar refractivity (Wildman–Crippen MR) is 270 cm³/mol. The number of nitrogens with zero attached hydrogens (tertiary/aromatic N) is 2. The lowest BCUT2D eigenvalue weighted by Gasteiger charge is -2.15. The molecule has 0 atom stereocenters. The van der Waals surface area contributed by atoms with Crippen molar-refractivity contribution in [2.75, 3.05) is 0 Å². The van der Waals surface area contributed by atoms with Crippen molar-refractivity contribution in [2.24, 2.45) is 0 Å². The Bertz CT molecular complexity index is 4100. The lowest BCUT2D eigenvalue weighted by atomic mass is 9.91. The Morgan fingerprint density at radius 1 is 0.323 bits per heavy atom. The molecule has 0 saturated heterocycles. The van der Waals surface area contributed by atoms with Crippen LogP contribution in [0.25, 0.3) is 138 Å². The number of furan rings is 2. The maximum Gasteiger partial charge on any atom is 0.143 e. The summed E-state index contributed by atoms with van der Waals surface area (Å²) in [5.41, 5.74) is 16.3. The van der Waals surface area contributed by atoms with E-state index in [0.717, 1.165) is 116 Å². The molecule has 0 unspecified atom stereocenters. The molecule has 0 saturated carbocycles. The molecule has 4 heteroatoms. The Kier molecular flexibility index (Phi) is 7.65. The number of rotatable bonds is 5. The zero-order valence-corrected chi connectivity index (χ0v) is 35.0. The van der Waals surface area contributed by atoms with Gasteiger partial charge >= 0.3 is 0 Å². The number of hydrogen-bond donors (Lipinski definition) is 0. The van der Waals surface area contributed by atoms with Gasteiger partial charge < -0.3 is 13.4 Å². The normalized spacial score (nSPS) is 12.0. The fraction of sp³-hybridized carbons (Fsp3) is 0. The van der Waals surface area contributed by atoms with Gasteiger partial charge in [0.05, 0.1) is 22.2 Å². The van der Waals surface area contributed by atoms with Crippen LogP contribution < -0.4 is 0 Å². The van der Waals surface area contributed by atoms with Crippen molar-refractivity contribution in [1.82, 2.24) is 9.55 Å². The smallest absolute Gasteiger partial charge is 0.143 e. The second-order valence-corrected chi connectivity index (χ2v) is 17.0. The predicted octanol–water partition coefficient (Wildman–Crippen LogP) is 17.0. The molecule has 0 aliphatic rings. The minimum Gasteiger partial charge on any atom is -0.455 e. The Hall–Kier alpha value is -8.73. The topological polar surface area (TPSA) is 44.1 Å². The highest BCUT2D eigenvalue weighted by atomic mass is 16.3. The number of fused-ring (bicyclic) bond motifs is 13. The molecule has 4 aromatic heterocycles. The SMILES string of the molecule is c1ccc(-c2nc3cc(-c4cc(-c5cccc6c5oc5ccccc56)cc(-c5cccc6c5oc5ccccc56)c4)ccc3c3ccc4c(c5ccccc5n4-c4ccccc4)c23)cc1. The van der Waals surface area contributed by atoms with Crippen molar-refractivity contribution in [2.45, 2.75) is 0 Å². The van der Waals surface area contributed by atoms with Crippen LogP contribution in [0.5, 0.6) is 0 Å². The lowest BCUT2D eigenvalue weighted by Crippen LogP contribution is -1.94. The maximum absolute atomic E-state index is 6.65. The third kappa shape index (κ3) is 5.41. The number of aromatic nitrogens is 2. The molecule has 4 heterocycles. The molecular formula is C61H36N2O2.